The quantitative estimate of drug-likeness (QED) is 0.288. The summed E-state index contributed by atoms with van der Waals surface area (Å²) in [5.74, 6) is -1.11. The molecule has 8 nitrogen and oxygen atoms in total. The summed E-state index contributed by atoms with van der Waals surface area (Å²) >= 11 is 5.93. The number of hydrogen-bond acceptors (Lipinski definition) is 6. The van der Waals surface area contributed by atoms with Gasteiger partial charge in [-0.3, -0.25) is 9.52 Å². The Balaban J connectivity index is 1.65. The Hall–Kier alpha value is -4.22. The first-order chi connectivity index (χ1) is 17.7. The summed E-state index contributed by atoms with van der Waals surface area (Å²) in [6.07, 6.45) is 2.58. The maximum atomic E-state index is 15.3. The van der Waals surface area contributed by atoms with Crippen LogP contribution in [0.2, 0.25) is 5.02 Å². The van der Waals surface area contributed by atoms with Crippen LogP contribution in [0.3, 0.4) is 0 Å². The molecule has 0 fully saturated rings. The molecule has 5 rings (SSSR count). The molecule has 3 aromatic carbocycles. The predicted octanol–water partition coefficient (Wildman–Crippen LogP) is 5.59. The summed E-state index contributed by atoms with van der Waals surface area (Å²) < 4.78 is 67.1. The molecule has 0 saturated carbocycles. The van der Waals surface area contributed by atoms with Crippen molar-refractivity contribution in [3.05, 3.63) is 94.1 Å². The van der Waals surface area contributed by atoms with Crippen LogP contribution in [0.4, 0.5) is 14.6 Å². The molecule has 0 bridgehead atoms. The highest BCUT2D eigenvalue weighted by Crippen LogP contribution is 2.39. The number of pyridine rings is 1. The lowest BCUT2D eigenvalue weighted by molar-refractivity contribution is 0.415. The average Bonchev–Trinajstić information content (AvgIpc) is 3.36. The average molecular weight is 544 g/mol. The van der Waals surface area contributed by atoms with Crippen LogP contribution in [-0.2, 0) is 10.0 Å². The fraction of sp³-hybridized carbons (Fsp3) is 0.0400. The summed E-state index contributed by atoms with van der Waals surface area (Å²) in [6, 6.07) is 11.5. The number of benzene rings is 3. The van der Waals surface area contributed by atoms with Gasteiger partial charge in [0.1, 0.15) is 23.6 Å². The van der Waals surface area contributed by atoms with E-state index in [0.717, 1.165) is 12.1 Å². The molecule has 2 N–H and O–H groups in total. The van der Waals surface area contributed by atoms with Crippen LogP contribution in [-0.4, -0.2) is 25.7 Å². The van der Waals surface area contributed by atoms with Crippen molar-refractivity contribution < 1.29 is 26.5 Å². The molecule has 188 valence electrons. The van der Waals surface area contributed by atoms with Gasteiger partial charge in [-0.15, -0.1) is 0 Å². The summed E-state index contributed by atoms with van der Waals surface area (Å²) in [5.41, 5.74) is 0.380. The third-order valence-corrected chi connectivity index (χ3v) is 7.18. The summed E-state index contributed by atoms with van der Waals surface area (Å²) in [6.45, 7) is 0. The van der Waals surface area contributed by atoms with Crippen molar-refractivity contribution in [3.63, 3.8) is 0 Å². The number of H-pyrrole nitrogens is 1. The Morgan fingerprint density at radius 3 is 2.51 bits per heavy atom. The van der Waals surface area contributed by atoms with Gasteiger partial charge in [0.15, 0.2) is 5.82 Å². The second kappa shape index (κ2) is 9.34. The highest BCUT2D eigenvalue weighted by Gasteiger charge is 2.20. The molecule has 12 heteroatoms. The number of aromatic amines is 1. The van der Waals surface area contributed by atoms with Crippen molar-refractivity contribution in [1.82, 2.24) is 10.1 Å². The van der Waals surface area contributed by atoms with Gasteiger partial charge < -0.3 is 14.2 Å². The monoisotopic (exact) mass is 543 g/mol. The van der Waals surface area contributed by atoms with Crippen molar-refractivity contribution in [1.29, 1.82) is 0 Å². The Morgan fingerprint density at radius 1 is 1.00 bits per heavy atom. The van der Waals surface area contributed by atoms with Gasteiger partial charge in [-0.25, -0.2) is 17.2 Å². The van der Waals surface area contributed by atoms with E-state index < -0.39 is 27.2 Å². The highest BCUT2D eigenvalue weighted by molar-refractivity contribution is 7.92. The van der Waals surface area contributed by atoms with E-state index >= 15 is 4.39 Å². The maximum Gasteiger partial charge on any atom is 0.263 e. The van der Waals surface area contributed by atoms with E-state index in [1.165, 1.54) is 62.0 Å². The molecular weight excluding hydrogens is 528 g/mol. The number of aromatic nitrogens is 2. The van der Waals surface area contributed by atoms with Crippen molar-refractivity contribution >= 4 is 38.2 Å². The van der Waals surface area contributed by atoms with Crippen LogP contribution < -0.4 is 15.0 Å². The van der Waals surface area contributed by atoms with Crippen LogP contribution in [0.1, 0.15) is 0 Å². The Labute approximate surface area is 213 Å². The molecule has 0 aliphatic rings. The van der Waals surface area contributed by atoms with Gasteiger partial charge in [0.25, 0.3) is 15.6 Å². The van der Waals surface area contributed by atoms with Crippen LogP contribution in [0.15, 0.2) is 81.3 Å². The van der Waals surface area contributed by atoms with E-state index in [1.54, 1.807) is 0 Å². The first-order valence-electron chi connectivity index (χ1n) is 10.6. The number of rotatable bonds is 6. The number of ether oxygens (including phenoxy) is 1. The molecule has 37 heavy (non-hydrogen) atoms. The van der Waals surface area contributed by atoms with Gasteiger partial charge in [0.2, 0.25) is 0 Å². The van der Waals surface area contributed by atoms with E-state index in [-0.39, 0.29) is 43.6 Å². The van der Waals surface area contributed by atoms with Gasteiger partial charge >= 0.3 is 0 Å². The lowest BCUT2D eigenvalue weighted by Crippen LogP contribution is -2.14. The van der Waals surface area contributed by atoms with Crippen molar-refractivity contribution in [2.45, 2.75) is 4.90 Å². The molecule has 0 aliphatic heterocycles. The molecule has 2 aromatic heterocycles. The fourth-order valence-corrected chi connectivity index (χ4v) is 5.19. The van der Waals surface area contributed by atoms with Gasteiger partial charge in [0, 0.05) is 39.4 Å². The Kier molecular flexibility index (Phi) is 6.18. The molecule has 0 unspecified atom stereocenters. The second-order valence-corrected chi connectivity index (χ2v) is 10.0. The van der Waals surface area contributed by atoms with Crippen LogP contribution >= 0.6 is 11.6 Å². The third-order valence-electron chi connectivity index (χ3n) is 5.61. The molecule has 0 aliphatic carbocycles. The van der Waals surface area contributed by atoms with E-state index in [9.17, 15) is 17.6 Å². The topological polar surface area (TPSA) is 114 Å². The standard InChI is InChI=1S/C25H16ClF2N3O5S/c1-35-23-11-18(13-6-14(26)8-15(27)7-13)22(28)10-19(23)21-12-29-25(32)20-9-16(2-3-17(20)21)37(33,34)31-24-4-5-36-30-24/h2-12H,1H3,(H,29,32)(H,30,31). The summed E-state index contributed by atoms with van der Waals surface area (Å²) in [7, 11) is -2.70. The largest absolute Gasteiger partial charge is 0.496 e. The van der Waals surface area contributed by atoms with E-state index in [2.05, 4.69) is 19.4 Å². The number of halogens is 3. The van der Waals surface area contributed by atoms with Crippen LogP contribution in [0.25, 0.3) is 33.0 Å². The zero-order valence-corrected chi connectivity index (χ0v) is 20.5. The van der Waals surface area contributed by atoms with Crippen molar-refractivity contribution in [2.24, 2.45) is 0 Å². The van der Waals surface area contributed by atoms with Gasteiger partial charge in [0.05, 0.1) is 12.0 Å². The molecule has 0 amide bonds. The first kappa shape index (κ1) is 24.5. The zero-order chi connectivity index (χ0) is 26.3. The predicted molar refractivity (Wildman–Crippen MR) is 134 cm³/mol. The molecule has 0 radical (unpaired) electrons. The number of sulfonamides is 1. The number of fused-ring (bicyclic) bond motifs is 1. The van der Waals surface area contributed by atoms with Crippen LogP contribution in [0, 0.1) is 11.6 Å². The second-order valence-electron chi connectivity index (χ2n) is 7.92. The SMILES string of the molecule is COc1cc(-c2cc(F)cc(Cl)c2)c(F)cc1-c1c[nH]c(=O)c2cc(S(=O)(=O)Nc3ccon3)ccc12. The minimum Gasteiger partial charge on any atom is -0.496 e. The Bertz CT molecular complexity index is 1800. The smallest absolute Gasteiger partial charge is 0.263 e. The minimum atomic E-state index is -4.08. The van der Waals surface area contributed by atoms with Crippen molar-refractivity contribution in [2.75, 3.05) is 11.8 Å². The van der Waals surface area contributed by atoms with E-state index in [0.29, 0.717) is 10.9 Å². The molecule has 0 atom stereocenters. The normalized spacial score (nSPS) is 11.6. The lowest BCUT2D eigenvalue weighted by Gasteiger charge is -2.15. The Morgan fingerprint density at radius 2 is 1.81 bits per heavy atom. The maximum absolute atomic E-state index is 15.3. The van der Waals surface area contributed by atoms with Gasteiger partial charge in [-0.2, -0.15) is 0 Å². The highest BCUT2D eigenvalue weighted by atomic mass is 35.5. The third kappa shape index (κ3) is 4.66. The molecule has 0 saturated heterocycles. The number of anilines is 1. The fourth-order valence-electron chi connectivity index (χ4n) is 3.95. The number of nitrogens with one attached hydrogen (secondary N) is 2. The van der Waals surface area contributed by atoms with Crippen molar-refractivity contribution in [3.8, 4) is 28.0 Å². The van der Waals surface area contributed by atoms with Crippen LogP contribution in [0.5, 0.6) is 5.75 Å². The summed E-state index contributed by atoms with van der Waals surface area (Å²) in [4.78, 5) is 15.0. The lowest BCUT2D eigenvalue weighted by atomic mass is 9.96. The molecular formula is C25H16ClF2N3O5S. The number of hydrogen-bond donors (Lipinski definition) is 2. The number of nitrogens with zero attached hydrogens (tertiary/aromatic N) is 1. The first-order valence-corrected chi connectivity index (χ1v) is 12.5. The molecule has 0 spiro atoms. The van der Waals surface area contributed by atoms with Gasteiger partial charge in [-0.1, -0.05) is 22.8 Å². The van der Waals surface area contributed by atoms with Gasteiger partial charge in [-0.05, 0) is 53.4 Å². The van der Waals surface area contributed by atoms with E-state index in [4.69, 9.17) is 16.3 Å². The summed E-state index contributed by atoms with van der Waals surface area (Å²) in [5, 5.41) is 4.02. The minimum absolute atomic E-state index is 0.0253. The molecule has 5 aromatic rings. The zero-order valence-electron chi connectivity index (χ0n) is 18.9. The van der Waals surface area contributed by atoms with E-state index in [1.807, 2.05) is 0 Å². The number of methoxy groups -OCH3 is 1. The molecule has 2 heterocycles.